The Balaban J connectivity index is 0. The summed E-state index contributed by atoms with van der Waals surface area (Å²) in [7, 11) is -4.67. The van der Waals surface area contributed by atoms with Gasteiger partial charge in [-0.05, 0) is 13.3 Å². The van der Waals surface area contributed by atoms with Crippen LogP contribution in [0.1, 0.15) is 17.5 Å². The molecule has 0 aliphatic heterocycles. The van der Waals surface area contributed by atoms with Crippen LogP contribution in [0.4, 0.5) is 0 Å². The molecule has 0 amide bonds. The summed E-state index contributed by atoms with van der Waals surface area (Å²) in [5.74, 6) is 0. The van der Waals surface area contributed by atoms with Crippen molar-refractivity contribution < 1.29 is 17.5 Å². The van der Waals surface area contributed by atoms with Crippen LogP contribution >= 0.6 is 11.3 Å². The average molecular weight is 249 g/mol. The number of hydrogen-bond acceptors (Lipinski definition) is 4. The van der Waals surface area contributed by atoms with Crippen molar-refractivity contribution in [1.29, 1.82) is 0 Å². The molecule has 0 fully saturated rings. The predicted octanol–water partition coefficient (Wildman–Crippen LogP) is 0.713. The van der Waals surface area contributed by atoms with Crippen molar-refractivity contribution in [3.63, 3.8) is 0 Å². The zero-order valence-corrected chi connectivity index (χ0v) is 8.89. The predicted molar refractivity (Wildman–Crippen MR) is 57.6 cm³/mol. The molecule has 0 unspecified atom stereocenters. The third kappa shape index (κ3) is 10.6. The molecule has 0 aromatic carbocycles. The standard InChI is InChI=1S/C6H9NS.Na.H2O4S.H/c1-3-6-5(2)7-4-8-6;;1-5(2,3)4;/h4H,3H2,1-2H3;;(H2,1,2,3,4);. The van der Waals surface area contributed by atoms with Gasteiger partial charge in [0.2, 0.25) is 0 Å². The van der Waals surface area contributed by atoms with Gasteiger partial charge < -0.3 is 0 Å². The quantitative estimate of drug-likeness (QED) is 0.565. The average Bonchev–Trinajstić information content (AvgIpc) is 2.31. The van der Waals surface area contributed by atoms with Gasteiger partial charge >= 0.3 is 40.0 Å². The summed E-state index contributed by atoms with van der Waals surface area (Å²) in [6, 6.07) is 0. The van der Waals surface area contributed by atoms with Crippen LogP contribution in [0.3, 0.4) is 0 Å². The number of aromatic nitrogens is 1. The summed E-state index contributed by atoms with van der Waals surface area (Å²) in [6.45, 7) is 4.20. The van der Waals surface area contributed by atoms with Crippen LogP contribution in [0.25, 0.3) is 0 Å². The monoisotopic (exact) mass is 249 g/mol. The van der Waals surface area contributed by atoms with E-state index in [1.807, 2.05) is 5.51 Å². The van der Waals surface area contributed by atoms with E-state index in [-0.39, 0.29) is 29.6 Å². The molecule has 2 N–H and O–H groups in total. The Kier molecular flexibility index (Phi) is 9.36. The minimum absolute atomic E-state index is 0. The molecule has 1 rings (SSSR count). The van der Waals surface area contributed by atoms with Gasteiger partial charge in [-0.1, -0.05) is 6.92 Å². The summed E-state index contributed by atoms with van der Waals surface area (Å²) in [5, 5.41) is 0. The molecule has 0 spiro atoms. The fraction of sp³-hybridized carbons (Fsp3) is 0.500. The number of aryl methyl sites for hydroxylation is 2. The van der Waals surface area contributed by atoms with Crippen LogP contribution in [-0.4, -0.2) is 52.1 Å². The molecule has 14 heavy (non-hydrogen) atoms. The maximum atomic E-state index is 8.74. The van der Waals surface area contributed by atoms with E-state index in [2.05, 4.69) is 18.8 Å². The van der Waals surface area contributed by atoms with Crippen molar-refractivity contribution in [2.24, 2.45) is 0 Å². The number of thiazole rings is 1. The molecule has 1 aromatic rings. The molecule has 78 valence electrons. The van der Waals surface area contributed by atoms with E-state index in [4.69, 9.17) is 17.5 Å². The van der Waals surface area contributed by atoms with Gasteiger partial charge in [0.15, 0.2) is 0 Å². The van der Waals surface area contributed by atoms with E-state index in [1.165, 1.54) is 10.6 Å². The van der Waals surface area contributed by atoms with E-state index < -0.39 is 10.4 Å². The second kappa shape index (κ2) is 7.75. The minimum atomic E-state index is -4.67. The Hall–Kier alpha value is 0.500. The first-order valence-corrected chi connectivity index (χ1v) is 5.71. The summed E-state index contributed by atoms with van der Waals surface area (Å²) >= 11 is 1.74. The fourth-order valence-electron chi connectivity index (χ4n) is 0.665. The van der Waals surface area contributed by atoms with Gasteiger partial charge in [-0.2, -0.15) is 8.42 Å². The fourth-order valence-corrected chi connectivity index (χ4v) is 1.39. The normalized spacial score (nSPS) is 9.71. The third-order valence-corrected chi connectivity index (χ3v) is 2.25. The first kappa shape index (κ1) is 16.9. The molecule has 0 saturated heterocycles. The van der Waals surface area contributed by atoms with Gasteiger partial charge in [0, 0.05) is 4.88 Å². The summed E-state index contributed by atoms with van der Waals surface area (Å²) < 4.78 is 31.6. The Morgan fingerprint density at radius 3 is 2.07 bits per heavy atom. The Morgan fingerprint density at radius 2 is 1.93 bits per heavy atom. The zero-order valence-electron chi connectivity index (χ0n) is 7.26. The molecular formula is C6H12NNaO4S2. The van der Waals surface area contributed by atoms with Crippen molar-refractivity contribution in [2.75, 3.05) is 0 Å². The number of nitrogens with zero attached hydrogens (tertiary/aromatic N) is 1. The van der Waals surface area contributed by atoms with Crippen molar-refractivity contribution in [3.8, 4) is 0 Å². The summed E-state index contributed by atoms with van der Waals surface area (Å²) in [6.07, 6.45) is 1.12. The topological polar surface area (TPSA) is 87.5 Å². The van der Waals surface area contributed by atoms with Gasteiger partial charge in [0.05, 0.1) is 11.2 Å². The molecule has 1 heterocycles. The van der Waals surface area contributed by atoms with Crippen LogP contribution in [0.15, 0.2) is 5.51 Å². The second-order valence-electron chi connectivity index (χ2n) is 2.16. The molecule has 0 bridgehead atoms. The summed E-state index contributed by atoms with van der Waals surface area (Å²) in [4.78, 5) is 5.51. The maximum absolute atomic E-state index is 8.74. The van der Waals surface area contributed by atoms with Crippen molar-refractivity contribution in [3.05, 3.63) is 16.1 Å². The van der Waals surface area contributed by atoms with Crippen molar-refractivity contribution in [1.82, 2.24) is 4.98 Å². The number of rotatable bonds is 1. The Labute approximate surface area is 109 Å². The van der Waals surface area contributed by atoms with Gasteiger partial charge in [-0.15, -0.1) is 11.3 Å². The Morgan fingerprint density at radius 1 is 1.50 bits per heavy atom. The van der Waals surface area contributed by atoms with Crippen LogP contribution < -0.4 is 0 Å². The van der Waals surface area contributed by atoms with E-state index in [9.17, 15) is 0 Å². The second-order valence-corrected chi connectivity index (χ2v) is 4.00. The van der Waals surface area contributed by atoms with Gasteiger partial charge in [0.1, 0.15) is 0 Å². The molecule has 0 aliphatic carbocycles. The van der Waals surface area contributed by atoms with Crippen molar-refractivity contribution in [2.45, 2.75) is 20.3 Å². The van der Waals surface area contributed by atoms with E-state index >= 15 is 0 Å². The van der Waals surface area contributed by atoms with Gasteiger partial charge in [-0.3, -0.25) is 9.11 Å². The molecule has 0 atom stereocenters. The molecular weight excluding hydrogens is 237 g/mol. The first-order valence-electron chi connectivity index (χ1n) is 3.43. The summed E-state index contributed by atoms with van der Waals surface area (Å²) in [5.41, 5.74) is 3.09. The third-order valence-electron chi connectivity index (χ3n) is 1.17. The SMILES string of the molecule is CCc1scnc1C.O=S(=O)(O)O.[NaH]. The van der Waals surface area contributed by atoms with Crippen LogP contribution in [0.2, 0.25) is 0 Å². The molecule has 1 aromatic heterocycles. The van der Waals surface area contributed by atoms with Crippen LogP contribution in [0.5, 0.6) is 0 Å². The molecule has 0 aliphatic rings. The first-order chi connectivity index (χ1) is 5.84. The van der Waals surface area contributed by atoms with E-state index in [1.54, 1.807) is 11.3 Å². The van der Waals surface area contributed by atoms with Gasteiger partial charge in [0.25, 0.3) is 0 Å². The molecule has 0 radical (unpaired) electrons. The van der Waals surface area contributed by atoms with E-state index in [0.717, 1.165) is 6.42 Å². The zero-order chi connectivity index (χ0) is 10.5. The molecule has 0 saturated carbocycles. The van der Waals surface area contributed by atoms with Crippen LogP contribution in [-0.2, 0) is 16.8 Å². The molecule has 8 heteroatoms. The number of hydrogen-bond donors (Lipinski definition) is 2. The van der Waals surface area contributed by atoms with Crippen molar-refractivity contribution >= 4 is 51.3 Å². The van der Waals surface area contributed by atoms with Crippen LogP contribution in [0, 0.1) is 6.92 Å². The van der Waals surface area contributed by atoms with E-state index in [0.29, 0.717) is 0 Å². The van der Waals surface area contributed by atoms with Gasteiger partial charge in [-0.25, -0.2) is 4.98 Å². The Bertz CT molecular complexity index is 340. The molecule has 5 nitrogen and oxygen atoms in total.